The van der Waals surface area contributed by atoms with Crippen molar-refractivity contribution in [1.29, 1.82) is 0 Å². The van der Waals surface area contributed by atoms with Crippen LogP contribution in [0.25, 0.3) is 0 Å². The van der Waals surface area contributed by atoms with Gasteiger partial charge in [0.05, 0.1) is 25.8 Å². The number of carbonyl (C=O) groups excluding carboxylic acids is 1. The van der Waals surface area contributed by atoms with Crippen molar-refractivity contribution in [3.8, 4) is 0 Å². The van der Waals surface area contributed by atoms with Crippen LogP contribution in [0.2, 0.25) is 0 Å². The molecule has 1 heterocycles. The lowest BCUT2D eigenvalue weighted by Gasteiger charge is -2.17. The molecule has 1 rings (SSSR count). The summed E-state index contributed by atoms with van der Waals surface area (Å²) in [5.74, 6) is -0.497. The Morgan fingerprint density at radius 1 is 1.69 bits per heavy atom. The third kappa shape index (κ3) is 2.61. The Kier molecular flexibility index (Phi) is 4.06. The number of esters is 1. The number of nitrogens with zero attached hydrogens (tertiary/aromatic N) is 2. The second-order valence-electron chi connectivity index (χ2n) is 4.01. The molecule has 0 aliphatic heterocycles. The highest BCUT2D eigenvalue weighted by molar-refractivity contribution is 5.69. The summed E-state index contributed by atoms with van der Waals surface area (Å²) in [5.41, 5.74) is 1.67. The summed E-state index contributed by atoms with van der Waals surface area (Å²) in [7, 11) is 3.16. The molecule has 0 aromatic carbocycles. The predicted octanol–water partition coefficient (Wildman–Crippen LogP) is 0.961. The maximum absolute atomic E-state index is 11.1. The normalized spacial score (nSPS) is 14.6. The molecule has 5 heteroatoms. The van der Waals surface area contributed by atoms with Crippen molar-refractivity contribution in [1.82, 2.24) is 9.78 Å². The number of carbonyl (C=O) groups is 1. The number of aliphatic hydroxyl groups excluding tert-OH is 1. The molecule has 2 unspecified atom stereocenters. The Balaban J connectivity index is 2.74. The first-order valence-corrected chi connectivity index (χ1v) is 5.20. The lowest BCUT2D eigenvalue weighted by Crippen LogP contribution is -2.15. The van der Waals surface area contributed by atoms with E-state index in [1.807, 2.05) is 20.9 Å². The van der Waals surface area contributed by atoms with E-state index in [1.165, 1.54) is 7.11 Å². The van der Waals surface area contributed by atoms with Crippen LogP contribution in [0, 0.1) is 12.8 Å². The van der Waals surface area contributed by atoms with E-state index in [1.54, 1.807) is 10.9 Å². The molecule has 0 aliphatic rings. The first kappa shape index (κ1) is 12.7. The van der Waals surface area contributed by atoms with Crippen LogP contribution in [0.1, 0.15) is 30.7 Å². The first-order valence-electron chi connectivity index (χ1n) is 5.20. The van der Waals surface area contributed by atoms with E-state index in [0.717, 1.165) is 11.3 Å². The van der Waals surface area contributed by atoms with E-state index in [4.69, 9.17) is 0 Å². The second kappa shape index (κ2) is 5.12. The van der Waals surface area contributed by atoms with Gasteiger partial charge in [-0.2, -0.15) is 5.10 Å². The van der Waals surface area contributed by atoms with Crippen molar-refractivity contribution < 1.29 is 14.6 Å². The summed E-state index contributed by atoms with van der Waals surface area (Å²) in [4.78, 5) is 11.1. The Morgan fingerprint density at radius 3 is 2.75 bits per heavy atom. The second-order valence-corrected chi connectivity index (χ2v) is 4.01. The first-order chi connectivity index (χ1) is 7.47. The summed E-state index contributed by atoms with van der Waals surface area (Å²) in [6.45, 7) is 3.70. The zero-order valence-corrected chi connectivity index (χ0v) is 10.1. The third-order valence-electron chi connectivity index (χ3n) is 2.85. The summed E-state index contributed by atoms with van der Waals surface area (Å²) >= 11 is 0. The number of ether oxygens (including phenoxy) is 1. The molecule has 0 radical (unpaired) electrons. The van der Waals surface area contributed by atoms with E-state index in [9.17, 15) is 9.90 Å². The number of rotatable bonds is 4. The van der Waals surface area contributed by atoms with Crippen LogP contribution in [0.15, 0.2) is 6.20 Å². The van der Waals surface area contributed by atoms with Crippen molar-refractivity contribution in [2.45, 2.75) is 26.4 Å². The van der Waals surface area contributed by atoms with Crippen LogP contribution in [-0.2, 0) is 16.6 Å². The molecule has 16 heavy (non-hydrogen) atoms. The smallest absolute Gasteiger partial charge is 0.305 e. The van der Waals surface area contributed by atoms with Crippen LogP contribution < -0.4 is 0 Å². The quantitative estimate of drug-likeness (QED) is 0.777. The fourth-order valence-electron chi connectivity index (χ4n) is 1.57. The van der Waals surface area contributed by atoms with Crippen molar-refractivity contribution in [3.05, 3.63) is 17.5 Å². The van der Waals surface area contributed by atoms with Crippen molar-refractivity contribution in [2.24, 2.45) is 13.0 Å². The monoisotopic (exact) mass is 226 g/mol. The minimum absolute atomic E-state index is 0.185. The average molecular weight is 226 g/mol. The van der Waals surface area contributed by atoms with E-state index in [-0.39, 0.29) is 18.3 Å². The van der Waals surface area contributed by atoms with E-state index in [0.29, 0.717) is 0 Å². The molecule has 90 valence electrons. The van der Waals surface area contributed by atoms with Gasteiger partial charge in [0.15, 0.2) is 0 Å². The fraction of sp³-hybridized carbons (Fsp3) is 0.636. The number of hydrogen-bond acceptors (Lipinski definition) is 4. The third-order valence-corrected chi connectivity index (χ3v) is 2.85. The van der Waals surface area contributed by atoms with E-state index >= 15 is 0 Å². The minimum Gasteiger partial charge on any atom is -0.469 e. The fourth-order valence-corrected chi connectivity index (χ4v) is 1.57. The molecule has 0 saturated carbocycles. The van der Waals surface area contributed by atoms with Crippen LogP contribution in [0.4, 0.5) is 0 Å². The van der Waals surface area contributed by atoms with Gasteiger partial charge in [-0.3, -0.25) is 9.48 Å². The largest absolute Gasteiger partial charge is 0.469 e. The van der Waals surface area contributed by atoms with Crippen molar-refractivity contribution >= 4 is 5.97 Å². The number of methoxy groups -OCH3 is 1. The molecule has 0 saturated heterocycles. The van der Waals surface area contributed by atoms with Gasteiger partial charge in [-0.05, 0) is 12.8 Å². The average Bonchev–Trinajstić information content (AvgIpc) is 2.58. The Morgan fingerprint density at radius 2 is 2.31 bits per heavy atom. The zero-order valence-electron chi connectivity index (χ0n) is 10.1. The van der Waals surface area contributed by atoms with Gasteiger partial charge in [0.1, 0.15) is 0 Å². The molecular formula is C11H18N2O3. The molecule has 0 fully saturated rings. The number of hydrogen-bond donors (Lipinski definition) is 1. The molecule has 0 bridgehead atoms. The lowest BCUT2D eigenvalue weighted by atomic mass is 9.95. The standard InChI is InChI=1S/C11H18N2O3/c1-7(5-10(14)16-4)11(15)9-6-12-13(3)8(9)2/h6-7,11,15H,5H2,1-4H3. The molecule has 2 atom stereocenters. The highest BCUT2D eigenvalue weighted by Crippen LogP contribution is 2.26. The highest BCUT2D eigenvalue weighted by atomic mass is 16.5. The maximum atomic E-state index is 11.1. The Bertz CT molecular complexity index is 373. The van der Waals surface area contributed by atoms with Crippen molar-refractivity contribution in [2.75, 3.05) is 7.11 Å². The number of aromatic nitrogens is 2. The van der Waals surface area contributed by atoms with Gasteiger partial charge in [0, 0.05) is 18.3 Å². The van der Waals surface area contributed by atoms with Crippen LogP contribution in [-0.4, -0.2) is 28.0 Å². The van der Waals surface area contributed by atoms with Crippen LogP contribution in [0.5, 0.6) is 0 Å². The highest BCUT2D eigenvalue weighted by Gasteiger charge is 2.22. The zero-order chi connectivity index (χ0) is 12.3. The molecular weight excluding hydrogens is 208 g/mol. The number of aryl methyl sites for hydroxylation is 1. The summed E-state index contributed by atoms with van der Waals surface area (Å²) < 4.78 is 6.27. The summed E-state index contributed by atoms with van der Waals surface area (Å²) in [6.07, 6.45) is 1.15. The van der Waals surface area contributed by atoms with Gasteiger partial charge in [0.25, 0.3) is 0 Å². The van der Waals surface area contributed by atoms with Crippen LogP contribution >= 0.6 is 0 Å². The molecule has 5 nitrogen and oxygen atoms in total. The Hall–Kier alpha value is -1.36. The predicted molar refractivity (Wildman–Crippen MR) is 58.7 cm³/mol. The van der Waals surface area contributed by atoms with Gasteiger partial charge in [0.2, 0.25) is 0 Å². The van der Waals surface area contributed by atoms with Gasteiger partial charge in [-0.25, -0.2) is 0 Å². The van der Waals surface area contributed by atoms with Gasteiger partial charge in [-0.15, -0.1) is 0 Å². The van der Waals surface area contributed by atoms with E-state index in [2.05, 4.69) is 9.84 Å². The molecule has 1 aromatic rings. The Labute approximate surface area is 95.0 Å². The van der Waals surface area contributed by atoms with Gasteiger partial charge < -0.3 is 9.84 Å². The number of aliphatic hydroxyl groups is 1. The molecule has 1 aromatic heterocycles. The topological polar surface area (TPSA) is 64.3 Å². The minimum atomic E-state index is -0.687. The summed E-state index contributed by atoms with van der Waals surface area (Å²) in [5, 5.41) is 14.1. The molecule has 0 spiro atoms. The SMILES string of the molecule is COC(=O)CC(C)C(O)c1cnn(C)c1C. The molecule has 0 amide bonds. The maximum Gasteiger partial charge on any atom is 0.305 e. The molecule has 0 aliphatic carbocycles. The molecule has 1 N–H and O–H groups in total. The van der Waals surface area contributed by atoms with Gasteiger partial charge >= 0.3 is 5.97 Å². The van der Waals surface area contributed by atoms with E-state index < -0.39 is 6.10 Å². The summed E-state index contributed by atoms with van der Waals surface area (Å²) in [6, 6.07) is 0. The van der Waals surface area contributed by atoms with Crippen molar-refractivity contribution in [3.63, 3.8) is 0 Å². The lowest BCUT2D eigenvalue weighted by molar-refractivity contribution is -0.142. The van der Waals surface area contributed by atoms with Gasteiger partial charge in [-0.1, -0.05) is 6.92 Å². The van der Waals surface area contributed by atoms with Crippen LogP contribution in [0.3, 0.4) is 0 Å².